The summed E-state index contributed by atoms with van der Waals surface area (Å²) in [4.78, 5) is 6.97. The summed E-state index contributed by atoms with van der Waals surface area (Å²) in [7, 11) is 0. The Kier molecular flexibility index (Phi) is 7.67. The first-order valence-electron chi connectivity index (χ1n) is 10.3. The Bertz CT molecular complexity index is 886. The second-order valence-electron chi connectivity index (χ2n) is 7.31. The summed E-state index contributed by atoms with van der Waals surface area (Å²) in [5, 5.41) is 11.6. The van der Waals surface area contributed by atoms with Crippen LogP contribution in [-0.4, -0.2) is 45.8 Å². The van der Waals surface area contributed by atoms with Crippen LogP contribution in [0.1, 0.15) is 33.6 Å². The molecule has 3 aromatic rings. The van der Waals surface area contributed by atoms with Crippen molar-refractivity contribution in [3.05, 3.63) is 53.8 Å². The maximum atomic E-state index is 6.02. The molecule has 29 heavy (non-hydrogen) atoms. The minimum atomic E-state index is 0.369. The molecule has 0 radical (unpaired) electrons. The third-order valence-corrected chi connectivity index (χ3v) is 5.50. The highest BCUT2D eigenvalue weighted by molar-refractivity contribution is 6.30. The van der Waals surface area contributed by atoms with Crippen LogP contribution >= 0.6 is 11.6 Å². The fraction of sp³-hybridized carbons (Fsp3) is 0.391. The standard InChI is InChI=1S/C23H30ClN5/c1-4-29(5-2)14-6-7-17(3)27-22-15-19(12-13-25-22)21-16-26-28-23(21)18-8-10-20(24)11-9-18/h8-13,15-17H,4-7,14H2,1-3H3,(H,25,27)(H,26,28). The first-order valence-corrected chi connectivity index (χ1v) is 10.7. The van der Waals surface area contributed by atoms with Gasteiger partial charge in [-0.3, -0.25) is 5.10 Å². The molecule has 1 atom stereocenters. The molecule has 0 spiro atoms. The Hall–Kier alpha value is -2.37. The molecular formula is C23H30ClN5. The number of rotatable bonds is 10. The highest BCUT2D eigenvalue weighted by Gasteiger charge is 2.12. The van der Waals surface area contributed by atoms with Gasteiger partial charge in [-0.15, -0.1) is 0 Å². The number of pyridine rings is 1. The molecular weight excluding hydrogens is 382 g/mol. The van der Waals surface area contributed by atoms with E-state index in [0.29, 0.717) is 6.04 Å². The van der Waals surface area contributed by atoms with Crippen LogP contribution in [-0.2, 0) is 0 Å². The Morgan fingerprint density at radius 1 is 1.10 bits per heavy atom. The smallest absolute Gasteiger partial charge is 0.126 e. The highest BCUT2D eigenvalue weighted by atomic mass is 35.5. The summed E-state index contributed by atoms with van der Waals surface area (Å²) in [6.07, 6.45) is 6.00. The summed E-state index contributed by atoms with van der Waals surface area (Å²) in [5.41, 5.74) is 4.16. The molecule has 5 nitrogen and oxygen atoms in total. The van der Waals surface area contributed by atoms with E-state index >= 15 is 0 Å². The van der Waals surface area contributed by atoms with E-state index in [-0.39, 0.29) is 0 Å². The van der Waals surface area contributed by atoms with E-state index in [1.165, 1.54) is 6.42 Å². The third kappa shape index (κ3) is 5.81. The lowest BCUT2D eigenvalue weighted by molar-refractivity contribution is 0.295. The number of nitrogens with one attached hydrogen (secondary N) is 2. The SMILES string of the molecule is CCN(CC)CCCC(C)Nc1cc(-c2cn[nH]c2-c2ccc(Cl)cc2)ccn1. The first kappa shape index (κ1) is 21.3. The van der Waals surface area contributed by atoms with Gasteiger partial charge in [0, 0.05) is 28.4 Å². The maximum absolute atomic E-state index is 6.02. The van der Waals surface area contributed by atoms with Gasteiger partial charge in [-0.05, 0) is 69.2 Å². The van der Waals surface area contributed by atoms with Crippen LogP contribution in [0.15, 0.2) is 48.8 Å². The minimum Gasteiger partial charge on any atom is -0.368 e. The van der Waals surface area contributed by atoms with Gasteiger partial charge in [-0.1, -0.05) is 37.6 Å². The number of hydrogen-bond donors (Lipinski definition) is 2. The summed E-state index contributed by atoms with van der Waals surface area (Å²) in [5.74, 6) is 0.890. The summed E-state index contributed by atoms with van der Waals surface area (Å²) < 4.78 is 0. The molecule has 0 saturated carbocycles. The number of anilines is 1. The van der Waals surface area contributed by atoms with Gasteiger partial charge >= 0.3 is 0 Å². The second-order valence-corrected chi connectivity index (χ2v) is 7.75. The zero-order valence-electron chi connectivity index (χ0n) is 17.5. The fourth-order valence-corrected chi connectivity index (χ4v) is 3.63. The van der Waals surface area contributed by atoms with Crippen LogP contribution in [0.3, 0.4) is 0 Å². The van der Waals surface area contributed by atoms with Gasteiger partial charge in [0.15, 0.2) is 0 Å². The molecule has 6 heteroatoms. The second kappa shape index (κ2) is 10.4. The number of H-pyrrole nitrogens is 1. The molecule has 0 bridgehead atoms. The Labute approximate surface area is 178 Å². The van der Waals surface area contributed by atoms with Crippen molar-refractivity contribution < 1.29 is 0 Å². The van der Waals surface area contributed by atoms with E-state index < -0.39 is 0 Å². The van der Waals surface area contributed by atoms with E-state index in [2.05, 4.69) is 52.2 Å². The Morgan fingerprint density at radius 3 is 2.59 bits per heavy atom. The van der Waals surface area contributed by atoms with Crippen molar-refractivity contribution in [1.29, 1.82) is 0 Å². The van der Waals surface area contributed by atoms with Crippen LogP contribution in [0.2, 0.25) is 5.02 Å². The van der Waals surface area contributed by atoms with Gasteiger partial charge in [0.1, 0.15) is 5.82 Å². The lowest BCUT2D eigenvalue weighted by Crippen LogP contribution is -2.25. The molecule has 1 aromatic carbocycles. The first-order chi connectivity index (χ1) is 14.1. The number of hydrogen-bond acceptors (Lipinski definition) is 4. The summed E-state index contributed by atoms with van der Waals surface area (Å²) >= 11 is 6.02. The molecule has 1 unspecified atom stereocenters. The average molecular weight is 412 g/mol. The van der Waals surface area contributed by atoms with Crippen LogP contribution in [0.25, 0.3) is 22.4 Å². The number of nitrogens with zero attached hydrogens (tertiary/aromatic N) is 3. The van der Waals surface area contributed by atoms with Crippen molar-refractivity contribution in [2.24, 2.45) is 0 Å². The minimum absolute atomic E-state index is 0.369. The quantitative estimate of drug-likeness (QED) is 0.448. The van der Waals surface area contributed by atoms with Crippen LogP contribution < -0.4 is 5.32 Å². The van der Waals surface area contributed by atoms with Crippen molar-refractivity contribution in [2.75, 3.05) is 25.0 Å². The third-order valence-electron chi connectivity index (χ3n) is 5.24. The van der Waals surface area contributed by atoms with E-state index in [1.807, 2.05) is 42.7 Å². The van der Waals surface area contributed by atoms with Gasteiger partial charge in [0.05, 0.1) is 11.9 Å². The van der Waals surface area contributed by atoms with Crippen molar-refractivity contribution in [3.8, 4) is 22.4 Å². The summed E-state index contributed by atoms with van der Waals surface area (Å²) in [6, 6.07) is 12.2. The lowest BCUT2D eigenvalue weighted by atomic mass is 10.0. The maximum Gasteiger partial charge on any atom is 0.126 e. The topological polar surface area (TPSA) is 56.8 Å². The molecule has 0 fully saturated rings. The normalized spacial score (nSPS) is 12.3. The van der Waals surface area contributed by atoms with Gasteiger partial charge in [-0.2, -0.15) is 5.10 Å². The van der Waals surface area contributed by atoms with Crippen LogP contribution in [0.5, 0.6) is 0 Å². The average Bonchev–Trinajstić information content (AvgIpc) is 3.22. The van der Waals surface area contributed by atoms with Crippen molar-refractivity contribution in [3.63, 3.8) is 0 Å². The predicted molar refractivity (Wildman–Crippen MR) is 122 cm³/mol. The van der Waals surface area contributed by atoms with Crippen molar-refractivity contribution >= 4 is 17.4 Å². The monoisotopic (exact) mass is 411 g/mol. The zero-order valence-corrected chi connectivity index (χ0v) is 18.2. The zero-order chi connectivity index (χ0) is 20.6. The molecule has 2 heterocycles. The molecule has 0 aliphatic carbocycles. The summed E-state index contributed by atoms with van der Waals surface area (Å²) in [6.45, 7) is 10.0. The number of aromatic amines is 1. The van der Waals surface area contributed by atoms with Crippen LogP contribution in [0, 0.1) is 0 Å². The van der Waals surface area contributed by atoms with E-state index in [9.17, 15) is 0 Å². The molecule has 154 valence electrons. The Morgan fingerprint density at radius 2 is 1.86 bits per heavy atom. The molecule has 0 saturated heterocycles. The molecule has 0 aliphatic rings. The van der Waals surface area contributed by atoms with Crippen molar-refractivity contribution in [2.45, 2.75) is 39.7 Å². The van der Waals surface area contributed by atoms with Gasteiger partial charge < -0.3 is 10.2 Å². The number of halogens is 1. The predicted octanol–water partition coefficient (Wildman–Crippen LogP) is 5.71. The van der Waals surface area contributed by atoms with E-state index in [4.69, 9.17) is 11.6 Å². The van der Waals surface area contributed by atoms with Gasteiger partial charge in [-0.25, -0.2) is 4.98 Å². The number of aromatic nitrogens is 3. The van der Waals surface area contributed by atoms with E-state index in [0.717, 1.165) is 59.3 Å². The van der Waals surface area contributed by atoms with Crippen molar-refractivity contribution in [1.82, 2.24) is 20.1 Å². The highest BCUT2D eigenvalue weighted by Crippen LogP contribution is 2.31. The van der Waals surface area contributed by atoms with Gasteiger partial charge in [0.2, 0.25) is 0 Å². The largest absolute Gasteiger partial charge is 0.368 e. The molecule has 0 aliphatic heterocycles. The molecule has 3 rings (SSSR count). The Balaban J connectivity index is 1.68. The fourth-order valence-electron chi connectivity index (χ4n) is 3.50. The van der Waals surface area contributed by atoms with Gasteiger partial charge in [0.25, 0.3) is 0 Å². The number of benzene rings is 1. The van der Waals surface area contributed by atoms with Crippen LogP contribution in [0.4, 0.5) is 5.82 Å². The molecule has 2 N–H and O–H groups in total. The molecule has 2 aromatic heterocycles. The lowest BCUT2D eigenvalue weighted by Gasteiger charge is -2.20. The van der Waals surface area contributed by atoms with E-state index in [1.54, 1.807) is 0 Å². The molecule has 0 amide bonds.